The Morgan fingerprint density at radius 2 is 1.81 bits per heavy atom. The van der Waals surface area contributed by atoms with E-state index >= 15 is 0 Å². The van der Waals surface area contributed by atoms with E-state index in [-0.39, 0.29) is 11.6 Å². The highest BCUT2D eigenvalue weighted by Gasteiger charge is 2.46. The second-order valence-electron chi connectivity index (χ2n) is 6.04. The van der Waals surface area contributed by atoms with E-state index in [0.717, 1.165) is 13.1 Å². The average molecular weight is 291 g/mol. The molecule has 2 unspecified atom stereocenters. The zero-order valence-electron chi connectivity index (χ0n) is 11.4. The number of carbonyl (C=O) groups excluding carboxylic acids is 1. The molecule has 2 aliphatic heterocycles. The predicted molar refractivity (Wildman–Crippen MR) is 74.1 cm³/mol. The summed E-state index contributed by atoms with van der Waals surface area (Å²) >= 11 is 0. The molecule has 1 saturated heterocycles. The molecule has 1 aliphatic carbocycles. The molecule has 2 fully saturated rings. The number of amides is 1. The molecule has 4 nitrogen and oxygen atoms in total. The number of hydrogen-bond donors (Lipinski definition) is 1. The fraction of sp³-hybridized carbons (Fsp3) is 0.467. The Bertz CT molecular complexity index is 625. The van der Waals surface area contributed by atoms with Gasteiger partial charge in [-0.25, -0.2) is 14.2 Å². The van der Waals surface area contributed by atoms with Crippen LogP contribution in [0.3, 0.4) is 0 Å². The summed E-state index contributed by atoms with van der Waals surface area (Å²) in [6, 6.07) is 2.64. The fourth-order valence-corrected chi connectivity index (χ4v) is 3.30. The lowest BCUT2D eigenvalue weighted by Gasteiger charge is -2.22. The molecule has 0 spiro atoms. The van der Waals surface area contributed by atoms with Crippen LogP contribution < -0.4 is 10.3 Å². The van der Waals surface area contributed by atoms with Gasteiger partial charge in [-0.2, -0.15) is 5.10 Å². The molecule has 0 bridgehead atoms. The van der Waals surface area contributed by atoms with Gasteiger partial charge in [-0.15, -0.1) is 0 Å². The van der Waals surface area contributed by atoms with Crippen molar-refractivity contribution in [3.8, 4) is 0 Å². The third-order valence-corrected chi connectivity index (χ3v) is 4.55. The number of piperidine rings is 1. The van der Waals surface area contributed by atoms with Crippen LogP contribution in [0.1, 0.15) is 24.8 Å². The van der Waals surface area contributed by atoms with Crippen LogP contribution in [0.2, 0.25) is 0 Å². The second kappa shape index (κ2) is 4.51. The number of rotatable bonds is 2. The first-order chi connectivity index (χ1) is 10.1. The first-order valence-corrected chi connectivity index (χ1v) is 7.21. The van der Waals surface area contributed by atoms with E-state index in [0.29, 0.717) is 36.0 Å². The van der Waals surface area contributed by atoms with Crippen LogP contribution >= 0.6 is 0 Å². The van der Waals surface area contributed by atoms with Crippen molar-refractivity contribution in [3.63, 3.8) is 0 Å². The molecular formula is C15H15F2N3O. The van der Waals surface area contributed by atoms with Gasteiger partial charge in [0.2, 0.25) is 5.91 Å². The topological polar surface area (TPSA) is 44.7 Å². The van der Waals surface area contributed by atoms with Crippen LogP contribution in [-0.4, -0.2) is 24.7 Å². The standard InChI is InChI=1S/C15H15F2N3O/c16-11-4-8(13-1-2-14(21)19-18-13)5-12(17)15(11)20-6-9-3-10(9)7-20/h4-5,9-10H,1-3,6-7H2,(H,19,21). The minimum absolute atomic E-state index is 0.0754. The molecule has 2 atom stereocenters. The summed E-state index contributed by atoms with van der Waals surface area (Å²) in [5, 5.41) is 3.88. The average Bonchev–Trinajstić information content (AvgIpc) is 3.06. The van der Waals surface area contributed by atoms with Crippen molar-refractivity contribution in [1.82, 2.24) is 5.43 Å². The van der Waals surface area contributed by atoms with Crippen LogP contribution in [0.5, 0.6) is 0 Å². The molecule has 1 aromatic rings. The Labute approximate surface area is 120 Å². The van der Waals surface area contributed by atoms with Gasteiger partial charge in [0.25, 0.3) is 0 Å². The number of hydrazone groups is 1. The lowest BCUT2D eigenvalue weighted by Crippen LogP contribution is -2.27. The predicted octanol–water partition coefficient (Wildman–Crippen LogP) is 2.04. The molecule has 6 heteroatoms. The maximum atomic E-state index is 14.3. The van der Waals surface area contributed by atoms with E-state index in [1.165, 1.54) is 18.6 Å². The zero-order valence-corrected chi connectivity index (χ0v) is 11.4. The van der Waals surface area contributed by atoms with Gasteiger partial charge >= 0.3 is 0 Å². The number of carbonyl (C=O) groups is 1. The summed E-state index contributed by atoms with van der Waals surface area (Å²) in [6.45, 7) is 1.49. The number of fused-ring (bicyclic) bond motifs is 1. The third kappa shape index (κ3) is 2.18. The molecule has 1 amide bonds. The zero-order chi connectivity index (χ0) is 14.6. The first-order valence-electron chi connectivity index (χ1n) is 7.21. The number of anilines is 1. The third-order valence-electron chi connectivity index (χ3n) is 4.55. The highest BCUT2D eigenvalue weighted by molar-refractivity contribution is 6.04. The highest BCUT2D eigenvalue weighted by atomic mass is 19.1. The summed E-state index contributed by atoms with van der Waals surface area (Å²) in [6.07, 6.45) is 1.88. The molecule has 1 aromatic carbocycles. The molecule has 1 N–H and O–H groups in total. The Kier molecular flexibility index (Phi) is 2.74. The van der Waals surface area contributed by atoms with Gasteiger partial charge in [-0.3, -0.25) is 4.79 Å². The largest absolute Gasteiger partial charge is 0.366 e. The Morgan fingerprint density at radius 1 is 1.14 bits per heavy atom. The maximum absolute atomic E-state index is 14.3. The quantitative estimate of drug-likeness (QED) is 0.906. The summed E-state index contributed by atoms with van der Waals surface area (Å²) in [4.78, 5) is 12.9. The van der Waals surface area contributed by atoms with E-state index in [1.54, 1.807) is 4.90 Å². The van der Waals surface area contributed by atoms with Crippen molar-refractivity contribution in [3.05, 3.63) is 29.3 Å². The molecule has 110 valence electrons. The van der Waals surface area contributed by atoms with E-state index in [1.807, 2.05) is 0 Å². The SMILES string of the molecule is O=C1CCC(c2cc(F)c(N3CC4CC4C3)c(F)c2)=NN1. The lowest BCUT2D eigenvalue weighted by atomic mass is 10.0. The number of nitrogens with zero attached hydrogens (tertiary/aromatic N) is 2. The first kappa shape index (κ1) is 12.7. The smallest absolute Gasteiger partial charge is 0.240 e. The van der Waals surface area contributed by atoms with Crippen molar-refractivity contribution < 1.29 is 13.6 Å². The van der Waals surface area contributed by atoms with Crippen LogP contribution in [0, 0.1) is 23.5 Å². The van der Waals surface area contributed by atoms with Gasteiger partial charge in [-0.05, 0) is 30.4 Å². The van der Waals surface area contributed by atoms with Crippen LogP contribution in [0.4, 0.5) is 14.5 Å². The normalized spacial score (nSPS) is 27.2. The fourth-order valence-electron chi connectivity index (χ4n) is 3.30. The van der Waals surface area contributed by atoms with E-state index < -0.39 is 11.6 Å². The minimum Gasteiger partial charge on any atom is -0.366 e. The van der Waals surface area contributed by atoms with Gasteiger partial charge in [0, 0.05) is 31.5 Å². The summed E-state index contributed by atoms with van der Waals surface area (Å²) < 4.78 is 28.6. The molecule has 21 heavy (non-hydrogen) atoms. The van der Waals surface area contributed by atoms with Crippen LogP contribution in [0.15, 0.2) is 17.2 Å². The summed E-state index contributed by atoms with van der Waals surface area (Å²) in [5.41, 5.74) is 3.34. The van der Waals surface area contributed by atoms with Crippen molar-refractivity contribution in [2.75, 3.05) is 18.0 Å². The second-order valence-corrected chi connectivity index (χ2v) is 6.04. The van der Waals surface area contributed by atoms with E-state index in [4.69, 9.17) is 0 Å². The highest BCUT2D eigenvalue weighted by Crippen LogP contribution is 2.47. The van der Waals surface area contributed by atoms with Crippen molar-refractivity contribution in [2.24, 2.45) is 16.9 Å². The molecular weight excluding hydrogens is 276 g/mol. The van der Waals surface area contributed by atoms with Crippen LogP contribution in [-0.2, 0) is 4.79 Å². The molecule has 1 saturated carbocycles. The Morgan fingerprint density at radius 3 is 2.38 bits per heavy atom. The molecule has 4 rings (SSSR count). The van der Waals surface area contributed by atoms with Gasteiger partial charge in [0.1, 0.15) is 17.3 Å². The number of nitrogens with one attached hydrogen (secondary N) is 1. The molecule has 2 heterocycles. The Balaban J connectivity index is 1.64. The van der Waals surface area contributed by atoms with Gasteiger partial charge in [0.15, 0.2) is 0 Å². The van der Waals surface area contributed by atoms with E-state index in [2.05, 4.69) is 10.5 Å². The minimum atomic E-state index is -0.550. The van der Waals surface area contributed by atoms with E-state index in [9.17, 15) is 13.6 Å². The number of benzene rings is 1. The summed E-state index contributed by atoms with van der Waals surface area (Å²) in [7, 11) is 0. The van der Waals surface area contributed by atoms with Crippen LogP contribution in [0.25, 0.3) is 0 Å². The number of halogens is 2. The van der Waals surface area contributed by atoms with Gasteiger partial charge in [0.05, 0.1) is 5.71 Å². The monoisotopic (exact) mass is 291 g/mol. The van der Waals surface area contributed by atoms with Gasteiger partial charge < -0.3 is 4.90 Å². The molecule has 0 radical (unpaired) electrons. The Hall–Kier alpha value is -1.98. The van der Waals surface area contributed by atoms with Crippen molar-refractivity contribution >= 4 is 17.3 Å². The number of hydrogen-bond acceptors (Lipinski definition) is 3. The van der Waals surface area contributed by atoms with Crippen molar-refractivity contribution in [2.45, 2.75) is 19.3 Å². The lowest BCUT2D eigenvalue weighted by molar-refractivity contribution is -0.121. The van der Waals surface area contributed by atoms with Gasteiger partial charge in [-0.1, -0.05) is 0 Å². The van der Waals surface area contributed by atoms with Crippen molar-refractivity contribution in [1.29, 1.82) is 0 Å². The maximum Gasteiger partial charge on any atom is 0.240 e. The summed E-state index contributed by atoms with van der Waals surface area (Å²) in [5.74, 6) is -0.0489. The molecule has 0 aromatic heterocycles. The molecule has 3 aliphatic rings.